The summed E-state index contributed by atoms with van der Waals surface area (Å²) in [6.45, 7) is 5.09. The summed E-state index contributed by atoms with van der Waals surface area (Å²) >= 11 is 0. The van der Waals surface area contributed by atoms with Crippen molar-refractivity contribution in [2.24, 2.45) is 17.4 Å². The molecule has 2 aliphatic rings. The van der Waals surface area contributed by atoms with Gasteiger partial charge in [-0.1, -0.05) is 13.3 Å². The monoisotopic (exact) mass is 362 g/mol. The highest BCUT2D eigenvalue weighted by Crippen LogP contribution is 2.44. The molecule has 1 aliphatic carbocycles. The van der Waals surface area contributed by atoms with Crippen LogP contribution in [-0.4, -0.2) is 71.5 Å². The molecular formula is C14H31BN4O4S. The van der Waals surface area contributed by atoms with Crippen molar-refractivity contribution in [3.63, 3.8) is 0 Å². The maximum Gasteiger partial charge on any atom is 0.451 e. The lowest BCUT2D eigenvalue weighted by Gasteiger charge is -2.33. The Labute approximate surface area is 145 Å². The van der Waals surface area contributed by atoms with E-state index in [1.807, 2.05) is 13.8 Å². The van der Waals surface area contributed by atoms with Crippen LogP contribution in [0.5, 0.6) is 0 Å². The molecule has 0 amide bonds. The number of likely N-dealkylation sites (N-methyl/N-ethyl adjacent to an activating group) is 1. The van der Waals surface area contributed by atoms with Gasteiger partial charge in [0.05, 0.1) is 0 Å². The summed E-state index contributed by atoms with van der Waals surface area (Å²) in [4.78, 5) is 0. The normalized spacial score (nSPS) is 30.0. The first-order valence-corrected chi connectivity index (χ1v) is 10.1. The molecule has 140 valence electrons. The molecule has 2 atom stereocenters. The van der Waals surface area contributed by atoms with E-state index in [0.717, 1.165) is 12.8 Å². The van der Waals surface area contributed by atoms with Crippen LogP contribution in [0.4, 0.5) is 0 Å². The van der Waals surface area contributed by atoms with Crippen LogP contribution >= 0.6 is 0 Å². The third-order valence-electron chi connectivity index (χ3n) is 5.52. The molecule has 8 nitrogen and oxygen atoms in total. The van der Waals surface area contributed by atoms with Crippen molar-refractivity contribution in [1.82, 2.24) is 8.61 Å². The van der Waals surface area contributed by atoms with Gasteiger partial charge >= 0.3 is 7.12 Å². The van der Waals surface area contributed by atoms with E-state index in [9.17, 15) is 8.42 Å². The van der Waals surface area contributed by atoms with Crippen LogP contribution in [0.3, 0.4) is 0 Å². The summed E-state index contributed by atoms with van der Waals surface area (Å²) in [7, 11) is -4.92. The first-order valence-electron chi connectivity index (χ1n) is 8.72. The third kappa shape index (κ3) is 3.95. The van der Waals surface area contributed by atoms with E-state index < -0.39 is 28.4 Å². The van der Waals surface area contributed by atoms with Crippen molar-refractivity contribution in [3.05, 3.63) is 0 Å². The van der Waals surface area contributed by atoms with E-state index >= 15 is 0 Å². The van der Waals surface area contributed by atoms with Gasteiger partial charge in [0.2, 0.25) is 0 Å². The lowest BCUT2D eigenvalue weighted by atomic mass is 9.79. The van der Waals surface area contributed by atoms with Crippen molar-refractivity contribution < 1.29 is 18.5 Å². The minimum atomic E-state index is -3.60. The Kier molecular flexibility index (Phi) is 6.01. The zero-order valence-electron chi connectivity index (χ0n) is 14.7. The molecule has 0 unspecified atom stereocenters. The summed E-state index contributed by atoms with van der Waals surface area (Å²) in [5, 5.41) is 17.9. The summed E-state index contributed by atoms with van der Waals surface area (Å²) in [5.74, 6) is -0.00207. The highest BCUT2D eigenvalue weighted by molar-refractivity contribution is 7.86. The van der Waals surface area contributed by atoms with Gasteiger partial charge in [-0.05, 0) is 38.4 Å². The van der Waals surface area contributed by atoms with E-state index in [1.165, 1.54) is 8.61 Å². The predicted molar refractivity (Wildman–Crippen MR) is 94.2 cm³/mol. The number of nitrogens with zero attached hydrogens (tertiary/aromatic N) is 2. The fourth-order valence-corrected chi connectivity index (χ4v) is 5.92. The zero-order valence-corrected chi connectivity index (χ0v) is 15.5. The Morgan fingerprint density at radius 2 is 2.00 bits per heavy atom. The molecule has 0 spiro atoms. The molecule has 0 aromatic heterocycles. The molecule has 0 aromatic rings. The highest BCUT2D eigenvalue weighted by Gasteiger charge is 2.54. The molecule has 2 fully saturated rings. The number of hydrogen-bond donors (Lipinski definition) is 4. The van der Waals surface area contributed by atoms with Crippen LogP contribution in [0, 0.1) is 5.92 Å². The maximum atomic E-state index is 13.1. The first kappa shape index (κ1) is 20.1. The molecule has 0 radical (unpaired) electrons. The summed E-state index contributed by atoms with van der Waals surface area (Å²) in [6, 6.07) is 0. The van der Waals surface area contributed by atoms with Gasteiger partial charge in [-0.3, -0.25) is 0 Å². The van der Waals surface area contributed by atoms with Gasteiger partial charge in [0.15, 0.2) is 0 Å². The van der Waals surface area contributed by atoms with Gasteiger partial charge in [-0.25, -0.2) is 0 Å². The van der Waals surface area contributed by atoms with Crippen molar-refractivity contribution >= 4 is 17.3 Å². The Balaban J connectivity index is 2.09. The third-order valence-corrected chi connectivity index (χ3v) is 7.65. The largest absolute Gasteiger partial charge is 0.451 e. The standard InChI is InChI=1S/C14H31BN4O4S/c1-3-19(14(10-16)6-7-14)24(22,23)18-9-12(13(2,17)11-18)5-4-8-15(20)21/h12,20-21H,3-11,16-17H2,1-2H3/t12-,13-/m0/s1. The molecular weight excluding hydrogens is 331 g/mol. The molecule has 6 N–H and O–H groups in total. The molecule has 1 heterocycles. The lowest BCUT2D eigenvalue weighted by molar-refractivity contribution is 0.286. The summed E-state index contributed by atoms with van der Waals surface area (Å²) in [6.07, 6.45) is 3.17. The molecule has 0 bridgehead atoms. The molecule has 2 rings (SSSR count). The number of nitrogens with two attached hydrogens (primary N) is 2. The van der Waals surface area contributed by atoms with Crippen LogP contribution in [0.15, 0.2) is 0 Å². The van der Waals surface area contributed by atoms with Gasteiger partial charge in [-0.15, -0.1) is 0 Å². The summed E-state index contributed by atoms with van der Waals surface area (Å²) < 4.78 is 29.2. The van der Waals surface area contributed by atoms with E-state index in [1.54, 1.807) is 0 Å². The second kappa shape index (κ2) is 7.18. The van der Waals surface area contributed by atoms with Crippen molar-refractivity contribution in [2.75, 3.05) is 26.2 Å². The van der Waals surface area contributed by atoms with E-state index in [2.05, 4.69) is 0 Å². The van der Waals surface area contributed by atoms with Crippen LogP contribution in [0.25, 0.3) is 0 Å². The highest BCUT2D eigenvalue weighted by atomic mass is 32.2. The van der Waals surface area contributed by atoms with Gasteiger partial charge in [0.1, 0.15) is 0 Å². The zero-order chi connectivity index (χ0) is 18.2. The van der Waals surface area contributed by atoms with Gasteiger partial charge in [0, 0.05) is 37.3 Å². The lowest BCUT2D eigenvalue weighted by Crippen LogP contribution is -2.53. The fraction of sp³-hybridized carbons (Fsp3) is 1.00. The molecule has 1 saturated carbocycles. The van der Waals surface area contributed by atoms with E-state index in [0.29, 0.717) is 32.5 Å². The van der Waals surface area contributed by atoms with Crippen molar-refractivity contribution in [1.29, 1.82) is 0 Å². The SMILES string of the molecule is CCN(C1(CN)CC1)S(=O)(=O)N1C[C@H](CCCB(O)O)[C@@](C)(N)C1. The minimum absolute atomic E-state index is 0.00207. The molecule has 1 saturated heterocycles. The molecule has 24 heavy (non-hydrogen) atoms. The predicted octanol–water partition coefficient (Wildman–Crippen LogP) is -1.05. The number of hydrogen-bond acceptors (Lipinski definition) is 6. The van der Waals surface area contributed by atoms with E-state index in [-0.39, 0.29) is 18.8 Å². The average Bonchev–Trinajstić information content (AvgIpc) is 3.19. The van der Waals surface area contributed by atoms with Crippen LogP contribution in [0.1, 0.15) is 39.5 Å². The Hall–Kier alpha value is -0.225. The van der Waals surface area contributed by atoms with E-state index in [4.69, 9.17) is 21.5 Å². The van der Waals surface area contributed by atoms with Crippen LogP contribution < -0.4 is 11.5 Å². The second-order valence-electron chi connectivity index (χ2n) is 7.51. The Morgan fingerprint density at radius 3 is 2.46 bits per heavy atom. The van der Waals surface area contributed by atoms with Gasteiger partial charge in [0.25, 0.3) is 10.2 Å². The smallest absolute Gasteiger partial charge is 0.427 e. The van der Waals surface area contributed by atoms with Gasteiger partial charge in [-0.2, -0.15) is 17.0 Å². The summed E-state index contributed by atoms with van der Waals surface area (Å²) in [5.41, 5.74) is 11.1. The Bertz CT molecular complexity index is 539. The van der Waals surface area contributed by atoms with Gasteiger partial charge < -0.3 is 21.5 Å². The van der Waals surface area contributed by atoms with Crippen molar-refractivity contribution in [2.45, 2.75) is 56.9 Å². The molecule has 1 aliphatic heterocycles. The van der Waals surface area contributed by atoms with Crippen LogP contribution in [-0.2, 0) is 10.2 Å². The Morgan fingerprint density at radius 1 is 1.38 bits per heavy atom. The van der Waals surface area contributed by atoms with Crippen LogP contribution in [0.2, 0.25) is 6.32 Å². The number of rotatable bonds is 9. The fourth-order valence-electron chi connectivity index (χ4n) is 3.75. The molecule has 0 aromatic carbocycles. The second-order valence-corrected chi connectivity index (χ2v) is 9.36. The first-order chi connectivity index (χ1) is 11.1. The quantitative estimate of drug-likeness (QED) is 0.387. The maximum absolute atomic E-state index is 13.1. The topological polar surface area (TPSA) is 133 Å². The molecule has 10 heteroatoms. The average molecular weight is 362 g/mol. The van der Waals surface area contributed by atoms with Crippen molar-refractivity contribution in [3.8, 4) is 0 Å². The minimum Gasteiger partial charge on any atom is -0.427 e.